The van der Waals surface area contributed by atoms with Crippen molar-refractivity contribution >= 4 is 5.82 Å². The monoisotopic (exact) mass is 224 g/mol. The van der Waals surface area contributed by atoms with Gasteiger partial charge in [-0.15, -0.1) is 0 Å². The number of hydrogen-bond acceptors (Lipinski definition) is 4. The van der Waals surface area contributed by atoms with Gasteiger partial charge in [-0.1, -0.05) is 6.92 Å². The van der Waals surface area contributed by atoms with E-state index in [9.17, 15) is 0 Å². The molecule has 0 bridgehead atoms. The molecule has 0 saturated carbocycles. The predicted octanol–water partition coefficient (Wildman–Crippen LogP) is 1.69. The van der Waals surface area contributed by atoms with Gasteiger partial charge in [0.1, 0.15) is 0 Å². The zero-order chi connectivity index (χ0) is 11.8. The lowest BCUT2D eigenvalue weighted by Gasteiger charge is -2.24. The van der Waals surface area contributed by atoms with Crippen LogP contribution < -0.4 is 9.64 Å². The van der Waals surface area contributed by atoms with E-state index in [4.69, 9.17) is 9.84 Å². The second kappa shape index (κ2) is 7.06. The fraction of sp³-hybridized carbons (Fsp3) is 0.583. The molecule has 16 heavy (non-hydrogen) atoms. The molecule has 1 heterocycles. The third kappa shape index (κ3) is 3.38. The largest absolute Gasteiger partial charge is 0.490 e. The van der Waals surface area contributed by atoms with Crippen LogP contribution in [0.1, 0.15) is 20.3 Å². The van der Waals surface area contributed by atoms with Gasteiger partial charge in [0, 0.05) is 19.3 Å². The number of aromatic nitrogens is 1. The van der Waals surface area contributed by atoms with Crippen LogP contribution in [0.3, 0.4) is 0 Å². The molecule has 0 amide bonds. The molecule has 1 N–H and O–H groups in total. The fourth-order valence-corrected chi connectivity index (χ4v) is 1.60. The van der Waals surface area contributed by atoms with Crippen LogP contribution in [0.4, 0.5) is 5.82 Å². The van der Waals surface area contributed by atoms with Crippen molar-refractivity contribution in [2.24, 2.45) is 0 Å². The first-order valence-electron chi connectivity index (χ1n) is 5.77. The van der Waals surface area contributed by atoms with E-state index in [0.29, 0.717) is 13.2 Å². The minimum atomic E-state index is 0.127. The molecular weight excluding hydrogens is 204 g/mol. The molecule has 0 aromatic carbocycles. The Labute approximate surface area is 96.9 Å². The summed E-state index contributed by atoms with van der Waals surface area (Å²) in [6.45, 7) is 6.27. The molecule has 1 aromatic heterocycles. The number of ether oxygens (including phenoxy) is 1. The van der Waals surface area contributed by atoms with Crippen LogP contribution in [0.25, 0.3) is 0 Å². The van der Waals surface area contributed by atoms with Gasteiger partial charge in [-0.25, -0.2) is 4.98 Å². The van der Waals surface area contributed by atoms with E-state index in [1.807, 2.05) is 24.0 Å². The Morgan fingerprint density at radius 3 is 2.81 bits per heavy atom. The van der Waals surface area contributed by atoms with Crippen molar-refractivity contribution in [3.8, 4) is 5.75 Å². The number of hydrogen-bond donors (Lipinski definition) is 1. The molecule has 1 rings (SSSR count). The summed E-state index contributed by atoms with van der Waals surface area (Å²) in [6.07, 6.45) is 2.76. The molecule has 0 saturated heterocycles. The van der Waals surface area contributed by atoms with Gasteiger partial charge in [-0.3, -0.25) is 0 Å². The third-order valence-corrected chi connectivity index (χ3v) is 2.21. The number of anilines is 1. The highest BCUT2D eigenvalue weighted by Crippen LogP contribution is 2.25. The number of rotatable bonds is 7. The molecule has 0 atom stereocenters. The first-order valence-corrected chi connectivity index (χ1v) is 5.77. The van der Waals surface area contributed by atoms with Crippen LogP contribution in [-0.2, 0) is 0 Å². The first-order chi connectivity index (χ1) is 7.83. The number of aliphatic hydroxyl groups is 1. The molecule has 0 unspecified atom stereocenters. The van der Waals surface area contributed by atoms with Crippen molar-refractivity contribution in [3.63, 3.8) is 0 Å². The minimum absolute atomic E-state index is 0.127. The van der Waals surface area contributed by atoms with Crippen LogP contribution >= 0.6 is 0 Å². The summed E-state index contributed by atoms with van der Waals surface area (Å²) < 4.78 is 5.52. The number of nitrogens with zero attached hydrogens (tertiary/aromatic N) is 2. The van der Waals surface area contributed by atoms with E-state index >= 15 is 0 Å². The highest BCUT2D eigenvalue weighted by atomic mass is 16.5. The molecule has 0 radical (unpaired) electrons. The fourth-order valence-electron chi connectivity index (χ4n) is 1.60. The smallest absolute Gasteiger partial charge is 0.171 e. The Morgan fingerprint density at radius 1 is 1.38 bits per heavy atom. The lowest BCUT2D eigenvalue weighted by molar-refractivity contribution is 0.299. The summed E-state index contributed by atoms with van der Waals surface area (Å²) >= 11 is 0. The molecule has 4 heteroatoms. The average molecular weight is 224 g/mol. The SMILES string of the molecule is CCCN(CCO)c1ncccc1OCC. The standard InChI is InChI=1S/C12H20N2O2/c1-3-8-14(9-10-15)12-11(16-4-2)6-5-7-13-12/h5-7,15H,3-4,8-10H2,1-2H3. The lowest BCUT2D eigenvalue weighted by Crippen LogP contribution is -2.28. The summed E-state index contributed by atoms with van der Waals surface area (Å²) in [4.78, 5) is 6.37. The molecular formula is C12H20N2O2. The molecule has 0 aliphatic rings. The second-order valence-corrected chi connectivity index (χ2v) is 3.47. The van der Waals surface area contributed by atoms with Crippen molar-refractivity contribution in [1.29, 1.82) is 0 Å². The Morgan fingerprint density at radius 2 is 2.19 bits per heavy atom. The topological polar surface area (TPSA) is 45.6 Å². The van der Waals surface area contributed by atoms with E-state index < -0.39 is 0 Å². The summed E-state index contributed by atoms with van der Waals surface area (Å²) in [5.41, 5.74) is 0. The quantitative estimate of drug-likeness (QED) is 0.765. The molecule has 0 spiro atoms. The maximum atomic E-state index is 9.04. The number of aliphatic hydroxyl groups excluding tert-OH is 1. The van der Waals surface area contributed by atoms with Gasteiger partial charge < -0.3 is 14.7 Å². The zero-order valence-electron chi connectivity index (χ0n) is 10.0. The normalized spacial score (nSPS) is 10.2. The van der Waals surface area contributed by atoms with Crippen molar-refractivity contribution in [2.45, 2.75) is 20.3 Å². The van der Waals surface area contributed by atoms with E-state index in [1.165, 1.54) is 0 Å². The Bertz CT molecular complexity index is 299. The first kappa shape index (κ1) is 12.8. The molecule has 1 aromatic rings. The van der Waals surface area contributed by atoms with Gasteiger partial charge >= 0.3 is 0 Å². The summed E-state index contributed by atoms with van der Waals surface area (Å²) in [7, 11) is 0. The minimum Gasteiger partial charge on any atom is -0.490 e. The van der Waals surface area contributed by atoms with Crippen LogP contribution in [-0.4, -0.2) is 36.4 Å². The van der Waals surface area contributed by atoms with Crippen molar-refractivity contribution in [2.75, 3.05) is 31.2 Å². The Balaban J connectivity index is 2.87. The zero-order valence-corrected chi connectivity index (χ0v) is 10.0. The molecule has 90 valence electrons. The summed E-state index contributed by atoms with van der Waals surface area (Å²) in [5, 5.41) is 9.04. The third-order valence-electron chi connectivity index (χ3n) is 2.21. The highest BCUT2D eigenvalue weighted by Gasteiger charge is 2.11. The van der Waals surface area contributed by atoms with Gasteiger partial charge in [0.05, 0.1) is 13.2 Å². The maximum absolute atomic E-state index is 9.04. The lowest BCUT2D eigenvalue weighted by atomic mass is 10.3. The molecule has 0 fully saturated rings. The Hall–Kier alpha value is -1.29. The maximum Gasteiger partial charge on any atom is 0.171 e. The van der Waals surface area contributed by atoms with E-state index in [1.54, 1.807) is 6.20 Å². The van der Waals surface area contributed by atoms with Crippen LogP contribution in [0.2, 0.25) is 0 Å². The van der Waals surface area contributed by atoms with Crippen molar-refractivity contribution in [3.05, 3.63) is 18.3 Å². The number of pyridine rings is 1. The van der Waals surface area contributed by atoms with Crippen LogP contribution in [0.15, 0.2) is 18.3 Å². The van der Waals surface area contributed by atoms with Crippen LogP contribution in [0.5, 0.6) is 5.75 Å². The average Bonchev–Trinajstić information content (AvgIpc) is 2.30. The summed E-state index contributed by atoms with van der Waals surface area (Å²) in [6, 6.07) is 3.77. The second-order valence-electron chi connectivity index (χ2n) is 3.47. The van der Waals surface area contributed by atoms with Gasteiger partial charge in [0.15, 0.2) is 11.6 Å². The molecule has 0 aliphatic heterocycles. The van der Waals surface area contributed by atoms with Crippen molar-refractivity contribution < 1.29 is 9.84 Å². The van der Waals surface area contributed by atoms with Crippen LogP contribution in [0, 0.1) is 0 Å². The van der Waals surface area contributed by atoms with Gasteiger partial charge in [0.25, 0.3) is 0 Å². The van der Waals surface area contributed by atoms with Gasteiger partial charge in [-0.2, -0.15) is 0 Å². The van der Waals surface area contributed by atoms with Gasteiger partial charge in [-0.05, 0) is 25.5 Å². The van der Waals surface area contributed by atoms with E-state index in [2.05, 4.69) is 11.9 Å². The van der Waals surface area contributed by atoms with E-state index in [0.717, 1.165) is 24.5 Å². The van der Waals surface area contributed by atoms with E-state index in [-0.39, 0.29) is 6.61 Å². The molecule has 4 nitrogen and oxygen atoms in total. The summed E-state index contributed by atoms with van der Waals surface area (Å²) in [5.74, 6) is 1.60. The highest BCUT2D eigenvalue weighted by molar-refractivity contribution is 5.51. The van der Waals surface area contributed by atoms with Crippen molar-refractivity contribution in [1.82, 2.24) is 4.98 Å². The molecule has 0 aliphatic carbocycles. The van der Waals surface area contributed by atoms with Gasteiger partial charge in [0.2, 0.25) is 0 Å². The Kier molecular flexibility index (Phi) is 5.64. The predicted molar refractivity (Wildman–Crippen MR) is 65.0 cm³/mol.